The van der Waals surface area contributed by atoms with Crippen molar-refractivity contribution in [1.82, 2.24) is 10.6 Å². The molecule has 2 unspecified atom stereocenters. The van der Waals surface area contributed by atoms with Crippen LogP contribution in [0.2, 0.25) is 0 Å². The fourth-order valence-electron chi connectivity index (χ4n) is 5.74. The molecule has 0 saturated heterocycles. The number of carboxylic acids is 1. The van der Waals surface area contributed by atoms with Crippen LogP contribution < -0.4 is 10.6 Å². The van der Waals surface area contributed by atoms with Crippen molar-refractivity contribution in [2.24, 2.45) is 0 Å². The molecule has 0 spiro atoms. The molecule has 290 valence electrons. The van der Waals surface area contributed by atoms with E-state index >= 15 is 0 Å². The molecule has 9 nitrogen and oxygen atoms in total. The first-order valence-electron chi connectivity index (χ1n) is 20.2. The minimum absolute atomic E-state index is 0.118. The molecule has 0 saturated carbocycles. The minimum Gasteiger partial charge on any atom is -0.480 e. The number of carboxylic acid groups (broad SMARTS) is 1. The van der Waals surface area contributed by atoms with Gasteiger partial charge in [-0.25, -0.2) is 4.79 Å². The molecule has 50 heavy (non-hydrogen) atoms. The van der Waals surface area contributed by atoms with Crippen LogP contribution in [0.1, 0.15) is 187 Å². The summed E-state index contributed by atoms with van der Waals surface area (Å²) in [5, 5.41) is 22.5. The van der Waals surface area contributed by atoms with Crippen LogP contribution in [0.3, 0.4) is 0 Å². The van der Waals surface area contributed by atoms with Gasteiger partial charge in [0.2, 0.25) is 11.8 Å². The van der Waals surface area contributed by atoms with Gasteiger partial charge >= 0.3 is 11.9 Å². The minimum atomic E-state index is -1.39. The molecule has 2 amide bonds. The van der Waals surface area contributed by atoms with Gasteiger partial charge in [0.15, 0.2) is 0 Å². The zero-order valence-corrected chi connectivity index (χ0v) is 31.9. The van der Waals surface area contributed by atoms with Gasteiger partial charge in [-0.15, -0.1) is 0 Å². The standard InChI is InChI=1S/C41H74N2O7/c1-3-5-7-9-11-12-13-14-15-16-17-18-19-20-21-23-29-33-40(47)50-36(30-26-22-10-8-6-4-2)31-27-24-25-28-32-38(45)42-34-39(46)43-37(35-44)41(48)49/h14-15,26,30,36-37,44H,3-13,16-25,27-29,31-35H2,1-2H3,(H,42,45)(H,43,46)(H,48,49)/b15-14-,30-26-. The molecule has 0 aliphatic rings. The lowest BCUT2D eigenvalue weighted by molar-refractivity contribution is -0.147. The fraction of sp³-hybridized carbons (Fsp3) is 0.805. The SMILES string of the molecule is CCCCCC/C=C\C(CCCCCCC(=O)NCC(=O)NC(CO)C(=O)O)OC(=O)CCCCCCCCC/C=C\CCCCCCCC. The van der Waals surface area contributed by atoms with Crippen LogP contribution in [0, 0.1) is 0 Å². The predicted molar refractivity (Wildman–Crippen MR) is 204 cm³/mol. The summed E-state index contributed by atoms with van der Waals surface area (Å²) in [7, 11) is 0. The molecule has 9 heteroatoms. The zero-order chi connectivity index (χ0) is 36.9. The highest BCUT2D eigenvalue weighted by Gasteiger charge is 2.18. The maximum absolute atomic E-state index is 12.6. The molecular weight excluding hydrogens is 632 g/mol. The molecule has 0 radical (unpaired) electrons. The van der Waals surface area contributed by atoms with Crippen molar-refractivity contribution >= 4 is 23.8 Å². The number of hydrogen-bond donors (Lipinski definition) is 4. The third kappa shape index (κ3) is 32.5. The lowest BCUT2D eigenvalue weighted by atomic mass is 10.1. The highest BCUT2D eigenvalue weighted by molar-refractivity contribution is 5.87. The summed E-state index contributed by atoms with van der Waals surface area (Å²) in [5.74, 6) is -2.40. The quantitative estimate of drug-likeness (QED) is 0.0289. The second-order valence-corrected chi connectivity index (χ2v) is 13.7. The largest absolute Gasteiger partial charge is 0.480 e. The van der Waals surface area contributed by atoms with E-state index in [-0.39, 0.29) is 30.9 Å². The van der Waals surface area contributed by atoms with E-state index in [1.807, 2.05) is 0 Å². The summed E-state index contributed by atoms with van der Waals surface area (Å²) in [6.07, 6.45) is 38.0. The lowest BCUT2D eigenvalue weighted by Gasteiger charge is -2.15. The van der Waals surface area contributed by atoms with Gasteiger partial charge in [-0.3, -0.25) is 14.4 Å². The Morgan fingerprint density at radius 2 is 1.08 bits per heavy atom. The molecule has 0 fully saturated rings. The molecule has 0 aromatic heterocycles. The average molecular weight is 707 g/mol. The first-order chi connectivity index (χ1) is 24.3. The Kier molecular flexibility index (Phi) is 34.2. The van der Waals surface area contributed by atoms with E-state index in [2.05, 4.69) is 48.8 Å². The summed E-state index contributed by atoms with van der Waals surface area (Å²) in [6.45, 7) is 3.41. The van der Waals surface area contributed by atoms with Gasteiger partial charge in [-0.1, -0.05) is 128 Å². The van der Waals surface area contributed by atoms with Crippen LogP contribution >= 0.6 is 0 Å². The molecule has 0 heterocycles. The number of esters is 1. The Morgan fingerprint density at radius 3 is 1.64 bits per heavy atom. The first kappa shape index (κ1) is 47.3. The number of hydrogen-bond acceptors (Lipinski definition) is 6. The molecule has 0 aliphatic carbocycles. The van der Waals surface area contributed by atoms with Gasteiger partial charge < -0.3 is 25.6 Å². The van der Waals surface area contributed by atoms with E-state index < -0.39 is 24.5 Å². The van der Waals surface area contributed by atoms with E-state index in [0.717, 1.165) is 51.4 Å². The van der Waals surface area contributed by atoms with Gasteiger partial charge in [0.1, 0.15) is 12.1 Å². The van der Waals surface area contributed by atoms with Crippen molar-refractivity contribution in [3.63, 3.8) is 0 Å². The van der Waals surface area contributed by atoms with Crippen LogP contribution in [0.5, 0.6) is 0 Å². The van der Waals surface area contributed by atoms with Gasteiger partial charge in [-0.05, 0) is 70.3 Å². The van der Waals surface area contributed by atoms with Crippen LogP contribution in [0.15, 0.2) is 24.3 Å². The normalized spacial score (nSPS) is 12.7. The fourth-order valence-corrected chi connectivity index (χ4v) is 5.74. The number of aliphatic hydroxyl groups excluding tert-OH is 1. The lowest BCUT2D eigenvalue weighted by Crippen LogP contribution is -2.47. The van der Waals surface area contributed by atoms with E-state index in [1.54, 1.807) is 0 Å². The molecule has 0 aromatic carbocycles. The summed E-state index contributed by atoms with van der Waals surface area (Å²) < 4.78 is 5.87. The van der Waals surface area contributed by atoms with Crippen LogP contribution in [0.4, 0.5) is 0 Å². The second kappa shape index (κ2) is 36.1. The maximum atomic E-state index is 12.6. The molecule has 0 aliphatic heterocycles. The molecular formula is C41H74N2O7. The summed E-state index contributed by atoms with van der Waals surface area (Å²) in [4.78, 5) is 47.3. The monoisotopic (exact) mass is 707 g/mol. The van der Waals surface area contributed by atoms with Crippen molar-refractivity contribution < 1.29 is 34.1 Å². The van der Waals surface area contributed by atoms with E-state index in [9.17, 15) is 19.2 Å². The Labute approximate surface area is 304 Å². The maximum Gasteiger partial charge on any atom is 0.328 e. The number of unbranched alkanes of at least 4 members (excludes halogenated alkanes) is 20. The third-order valence-corrected chi connectivity index (χ3v) is 8.91. The first-order valence-corrected chi connectivity index (χ1v) is 20.2. The van der Waals surface area contributed by atoms with Gasteiger partial charge in [0.25, 0.3) is 0 Å². The van der Waals surface area contributed by atoms with Crippen molar-refractivity contribution in [1.29, 1.82) is 0 Å². The summed E-state index contributed by atoms with van der Waals surface area (Å²) >= 11 is 0. The predicted octanol–water partition coefficient (Wildman–Crippen LogP) is 9.26. The number of aliphatic hydroxyl groups is 1. The van der Waals surface area contributed by atoms with Crippen molar-refractivity contribution in [2.45, 2.75) is 199 Å². The van der Waals surface area contributed by atoms with E-state index in [1.165, 1.54) is 103 Å². The van der Waals surface area contributed by atoms with Gasteiger partial charge in [0.05, 0.1) is 13.2 Å². The smallest absolute Gasteiger partial charge is 0.328 e. The molecule has 0 aromatic rings. The number of carbonyl (C=O) groups excluding carboxylic acids is 3. The number of aliphatic carboxylic acids is 1. The van der Waals surface area contributed by atoms with Crippen LogP contribution in [-0.2, 0) is 23.9 Å². The van der Waals surface area contributed by atoms with Crippen LogP contribution in [-0.4, -0.2) is 59.3 Å². The zero-order valence-electron chi connectivity index (χ0n) is 31.9. The third-order valence-electron chi connectivity index (χ3n) is 8.91. The van der Waals surface area contributed by atoms with Gasteiger partial charge in [0, 0.05) is 12.8 Å². The average Bonchev–Trinajstić information content (AvgIpc) is 3.10. The topological polar surface area (TPSA) is 142 Å². The molecule has 2 atom stereocenters. The van der Waals surface area contributed by atoms with Crippen molar-refractivity contribution in [2.75, 3.05) is 13.2 Å². The molecule has 0 rings (SSSR count). The molecule has 0 bridgehead atoms. The Bertz CT molecular complexity index is 905. The Hall–Kier alpha value is -2.68. The second-order valence-electron chi connectivity index (χ2n) is 13.7. The summed E-state index contributed by atoms with van der Waals surface area (Å²) in [5.41, 5.74) is 0. The van der Waals surface area contributed by atoms with E-state index in [0.29, 0.717) is 12.8 Å². The highest BCUT2D eigenvalue weighted by Crippen LogP contribution is 2.15. The number of amides is 2. The number of nitrogens with one attached hydrogen (secondary N) is 2. The van der Waals surface area contributed by atoms with Crippen molar-refractivity contribution in [3.8, 4) is 0 Å². The number of carbonyl (C=O) groups is 4. The Morgan fingerprint density at radius 1 is 0.600 bits per heavy atom. The number of rotatable bonds is 36. The van der Waals surface area contributed by atoms with Crippen molar-refractivity contribution in [3.05, 3.63) is 24.3 Å². The number of ether oxygens (including phenoxy) is 1. The van der Waals surface area contributed by atoms with Crippen LogP contribution in [0.25, 0.3) is 0 Å². The van der Waals surface area contributed by atoms with Gasteiger partial charge in [-0.2, -0.15) is 0 Å². The number of allylic oxidation sites excluding steroid dienone is 3. The molecule has 4 N–H and O–H groups in total. The van der Waals surface area contributed by atoms with E-state index in [4.69, 9.17) is 14.9 Å². The summed E-state index contributed by atoms with van der Waals surface area (Å²) in [6, 6.07) is -1.39. The Balaban J connectivity index is 4.15. The highest BCUT2D eigenvalue weighted by atomic mass is 16.5.